The van der Waals surface area contributed by atoms with Crippen LogP contribution in [0.1, 0.15) is 77.5 Å². The van der Waals surface area contributed by atoms with Gasteiger partial charge in [0.05, 0.1) is 17.0 Å². The highest BCUT2D eigenvalue weighted by Crippen LogP contribution is 2.40. The van der Waals surface area contributed by atoms with Gasteiger partial charge < -0.3 is 9.84 Å². The molecule has 0 radical (unpaired) electrons. The second-order valence-electron chi connectivity index (χ2n) is 9.17. The summed E-state index contributed by atoms with van der Waals surface area (Å²) in [5, 5.41) is 9.57. The molecule has 6 heteroatoms. The van der Waals surface area contributed by atoms with Crippen molar-refractivity contribution in [3.63, 3.8) is 0 Å². The first-order valence-corrected chi connectivity index (χ1v) is 12.1. The molecule has 1 aliphatic carbocycles. The van der Waals surface area contributed by atoms with Gasteiger partial charge in [-0.2, -0.15) is 0 Å². The number of pyridine rings is 1. The lowest BCUT2D eigenvalue weighted by Gasteiger charge is -2.21. The molecule has 0 bridgehead atoms. The van der Waals surface area contributed by atoms with Gasteiger partial charge in [0.25, 0.3) is 0 Å². The molecule has 0 amide bonds. The number of rotatable bonds is 8. The summed E-state index contributed by atoms with van der Waals surface area (Å²) in [6.07, 6.45) is 4.83. The molecule has 2 aromatic carbocycles. The molecular weight excluding hydrogens is 440 g/mol. The van der Waals surface area contributed by atoms with Crippen LogP contribution in [0.25, 0.3) is 16.8 Å². The summed E-state index contributed by atoms with van der Waals surface area (Å²) in [6, 6.07) is 18.5. The molecule has 4 aromatic rings. The first kappa shape index (κ1) is 22.8. The van der Waals surface area contributed by atoms with E-state index in [-0.39, 0.29) is 11.5 Å². The van der Waals surface area contributed by atoms with E-state index in [0.717, 1.165) is 46.6 Å². The molecule has 0 spiro atoms. The number of carboxylic acid groups (broad SMARTS) is 1. The highest BCUT2D eigenvalue weighted by Gasteiger charge is 2.28. The molecule has 1 atom stereocenters. The number of ether oxygens (including phenoxy) is 1. The van der Waals surface area contributed by atoms with Gasteiger partial charge in [0.15, 0.2) is 6.10 Å². The Morgan fingerprint density at radius 2 is 1.83 bits per heavy atom. The van der Waals surface area contributed by atoms with Crippen molar-refractivity contribution in [2.24, 2.45) is 0 Å². The van der Waals surface area contributed by atoms with Crippen LogP contribution in [0.4, 0.5) is 0 Å². The molecule has 0 saturated heterocycles. The number of nitrogens with zero attached hydrogens (tertiary/aromatic N) is 2. The minimum atomic E-state index is -0.968. The average Bonchev–Trinajstić information content (AvgIpc) is 3.61. The lowest BCUT2D eigenvalue weighted by molar-refractivity contribution is -0.147. The molecule has 6 nitrogen and oxygen atoms in total. The quantitative estimate of drug-likeness (QED) is 0.306. The SMILES string of the molecule is CCCC(=O)O[C@H](c1ccc(-c2ccccc2C(=O)O)cc1)c1ccc(C)c2nc(C3CC3)cn12. The van der Waals surface area contributed by atoms with Gasteiger partial charge in [-0.25, -0.2) is 9.78 Å². The number of aryl methyl sites for hydroxylation is 1. The predicted molar refractivity (Wildman–Crippen MR) is 134 cm³/mol. The number of imidazole rings is 1. The molecule has 2 heterocycles. The second-order valence-corrected chi connectivity index (χ2v) is 9.17. The van der Waals surface area contributed by atoms with E-state index in [1.54, 1.807) is 18.2 Å². The van der Waals surface area contributed by atoms with Gasteiger partial charge in [-0.1, -0.05) is 55.5 Å². The van der Waals surface area contributed by atoms with Crippen molar-refractivity contribution in [1.29, 1.82) is 0 Å². The number of esters is 1. The fourth-order valence-electron chi connectivity index (χ4n) is 4.48. The van der Waals surface area contributed by atoms with Crippen LogP contribution in [0.3, 0.4) is 0 Å². The Morgan fingerprint density at radius 1 is 1.09 bits per heavy atom. The van der Waals surface area contributed by atoms with Gasteiger partial charge in [-0.3, -0.25) is 9.20 Å². The summed E-state index contributed by atoms with van der Waals surface area (Å²) in [4.78, 5) is 29.2. The van der Waals surface area contributed by atoms with Crippen LogP contribution in [-0.4, -0.2) is 26.4 Å². The maximum Gasteiger partial charge on any atom is 0.336 e. The van der Waals surface area contributed by atoms with E-state index in [2.05, 4.69) is 10.6 Å². The molecule has 5 rings (SSSR count). The van der Waals surface area contributed by atoms with Crippen molar-refractivity contribution in [2.75, 3.05) is 0 Å². The van der Waals surface area contributed by atoms with E-state index in [0.29, 0.717) is 24.3 Å². The van der Waals surface area contributed by atoms with E-state index >= 15 is 0 Å². The van der Waals surface area contributed by atoms with Gasteiger partial charge in [0.1, 0.15) is 5.65 Å². The Bertz CT molecular complexity index is 1400. The molecule has 1 fully saturated rings. The normalized spacial score (nSPS) is 14.1. The maximum absolute atomic E-state index is 12.6. The number of hydrogen-bond donors (Lipinski definition) is 1. The second kappa shape index (κ2) is 9.37. The van der Waals surface area contributed by atoms with Crippen LogP contribution in [0.2, 0.25) is 0 Å². The first-order chi connectivity index (χ1) is 17.0. The van der Waals surface area contributed by atoms with E-state index in [4.69, 9.17) is 9.72 Å². The molecule has 1 aliphatic rings. The third-order valence-corrected chi connectivity index (χ3v) is 6.51. The maximum atomic E-state index is 12.6. The number of benzene rings is 2. The first-order valence-electron chi connectivity index (χ1n) is 12.1. The smallest absolute Gasteiger partial charge is 0.336 e. The summed E-state index contributed by atoms with van der Waals surface area (Å²) in [6.45, 7) is 3.99. The number of carboxylic acids is 1. The number of aromatic carboxylic acids is 1. The Morgan fingerprint density at radius 3 is 2.51 bits per heavy atom. The number of fused-ring (bicyclic) bond motifs is 1. The van der Waals surface area contributed by atoms with Crippen LogP contribution in [-0.2, 0) is 9.53 Å². The van der Waals surface area contributed by atoms with Gasteiger partial charge in [0, 0.05) is 18.5 Å². The average molecular weight is 469 g/mol. The third kappa shape index (κ3) is 4.56. The Hall–Kier alpha value is -3.93. The lowest BCUT2D eigenvalue weighted by Crippen LogP contribution is -2.15. The van der Waals surface area contributed by atoms with Crippen molar-refractivity contribution < 1.29 is 19.4 Å². The summed E-state index contributed by atoms with van der Waals surface area (Å²) in [5.74, 6) is -0.712. The zero-order valence-corrected chi connectivity index (χ0v) is 19.9. The highest BCUT2D eigenvalue weighted by molar-refractivity contribution is 5.96. The lowest BCUT2D eigenvalue weighted by atomic mass is 9.96. The van der Waals surface area contributed by atoms with E-state index in [9.17, 15) is 14.7 Å². The topological polar surface area (TPSA) is 80.9 Å². The van der Waals surface area contributed by atoms with Crippen molar-refractivity contribution in [1.82, 2.24) is 9.38 Å². The standard InChI is InChI=1S/C29H28N2O4/c1-3-6-26(32)35-27(25-16-9-18(2)28-30-24(17-31(25)28)20-12-13-20)21-14-10-19(11-15-21)22-7-4-5-8-23(22)29(33)34/h4-5,7-11,14-17,20,27H,3,6,12-13H2,1-2H3,(H,33,34)/t27-/m1/s1. The highest BCUT2D eigenvalue weighted by atomic mass is 16.5. The van der Waals surface area contributed by atoms with Crippen molar-refractivity contribution >= 4 is 17.6 Å². The van der Waals surface area contributed by atoms with E-state index in [1.165, 1.54) is 0 Å². The van der Waals surface area contributed by atoms with Crippen LogP contribution in [0.5, 0.6) is 0 Å². The van der Waals surface area contributed by atoms with E-state index < -0.39 is 12.1 Å². The Labute approximate surface area is 204 Å². The zero-order valence-electron chi connectivity index (χ0n) is 19.9. The van der Waals surface area contributed by atoms with Gasteiger partial charge in [-0.15, -0.1) is 0 Å². The van der Waals surface area contributed by atoms with Crippen LogP contribution >= 0.6 is 0 Å². The summed E-state index contributed by atoms with van der Waals surface area (Å²) in [7, 11) is 0. The van der Waals surface area contributed by atoms with Gasteiger partial charge >= 0.3 is 11.9 Å². The zero-order chi connectivity index (χ0) is 24.5. The minimum absolute atomic E-state index is 0.248. The van der Waals surface area contributed by atoms with Crippen LogP contribution < -0.4 is 0 Å². The largest absolute Gasteiger partial charge is 0.478 e. The van der Waals surface area contributed by atoms with Crippen LogP contribution in [0.15, 0.2) is 66.9 Å². The monoisotopic (exact) mass is 468 g/mol. The predicted octanol–water partition coefficient (Wildman–Crippen LogP) is 6.32. The van der Waals surface area contributed by atoms with Crippen LogP contribution in [0, 0.1) is 6.92 Å². The molecule has 0 unspecified atom stereocenters. The summed E-state index contributed by atoms with van der Waals surface area (Å²) < 4.78 is 8.08. The van der Waals surface area contributed by atoms with Gasteiger partial charge in [-0.05, 0) is 60.6 Å². The number of aromatic nitrogens is 2. The minimum Gasteiger partial charge on any atom is -0.478 e. The molecule has 178 valence electrons. The fourth-order valence-corrected chi connectivity index (χ4v) is 4.48. The van der Waals surface area contributed by atoms with Crippen molar-refractivity contribution in [3.05, 3.63) is 94.9 Å². The summed E-state index contributed by atoms with van der Waals surface area (Å²) in [5.41, 5.74) is 6.38. The molecule has 35 heavy (non-hydrogen) atoms. The Balaban J connectivity index is 1.58. The van der Waals surface area contributed by atoms with Crippen molar-refractivity contribution in [2.45, 2.75) is 51.6 Å². The number of carbonyl (C=O) groups excluding carboxylic acids is 1. The number of carbonyl (C=O) groups is 2. The molecule has 1 saturated carbocycles. The Kier molecular flexibility index (Phi) is 6.12. The molecule has 1 N–H and O–H groups in total. The fraction of sp³-hybridized carbons (Fsp3) is 0.276. The summed E-state index contributed by atoms with van der Waals surface area (Å²) >= 11 is 0. The van der Waals surface area contributed by atoms with Gasteiger partial charge in [0.2, 0.25) is 0 Å². The molecule has 2 aromatic heterocycles. The number of hydrogen-bond acceptors (Lipinski definition) is 4. The van der Waals surface area contributed by atoms with Crippen molar-refractivity contribution in [3.8, 4) is 11.1 Å². The third-order valence-electron chi connectivity index (χ3n) is 6.51. The molecular formula is C29H28N2O4. The molecule has 0 aliphatic heterocycles. The van der Waals surface area contributed by atoms with E-state index in [1.807, 2.05) is 56.3 Å².